The van der Waals surface area contributed by atoms with E-state index in [0.29, 0.717) is 5.56 Å². The normalized spacial score (nSPS) is 10.4. The van der Waals surface area contributed by atoms with Crippen molar-refractivity contribution in [2.24, 2.45) is 5.73 Å². The van der Waals surface area contributed by atoms with Crippen molar-refractivity contribution in [2.75, 3.05) is 0 Å². The molecule has 0 aliphatic heterocycles. The Bertz CT molecular complexity index is 307. The smallest absolute Gasteiger partial charge is 0.241 e. The molecule has 1 aromatic rings. The molecule has 0 spiro atoms. The van der Waals surface area contributed by atoms with Crippen LogP contribution in [0.25, 0.3) is 6.08 Å². The average Bonchev–Trinajstić information content (AvgIpc) is 2.03. The molecule has 0 radical (unpaired) electrons. The first-order valence-electron chi connectivity index (χ1n) is 3.13. The van der Waals surface area contributed by atoms with E-state index < -0.39 is 5.91 Å². The lowest BCUT2D eigenvalue weighted by Crippen LogP contribution is -2.05. The van der Waals surface area contributed by atoms with Crippen molar-refractivity contribution < 1.29 is 4.79 Å². The van der Waals surface area contributed by atoms with Gasteiger partial charge in [0.05, 0.1) is 0 Å². The number of rotatable bonds is 2. The van der Waals surface area contributed by atoms with E-state index in [4.69, 9.17) is 17.3 Å². The number of hydrogen-bond acceptors (Lipinski definition) is 3. The van der Waals surface area contributed by atoms with Crippen molar-refractivity contribution in [1.82, 2.24) is 9.97 Å². The predicted molar refractivity (Wildman–Crippen MR) is 45.3 cm³/mol. The van der Waals surface area contributed by atoms with Gasteiger partial charge in [-0.15, -0.1) is 0 Å². The highest BCUT2D eigenvalue weighted by atomic mass is 35.5. The minimum Gasteiger partial charge on any atom is -0.366 e. The standard InChI is InChI=1S/C7H6ClN3O/c8-7-10-3-5(4-11-7)1-2-6(9)12/h1-4H,(H2,9,12)/b2-1+. The largest absolute Gasteiger partial charge is 0.366 e. The maximum atomic E-state index is 10.3. The first kappa shape index (κ1) is 8.67. The van der Waals surface area contributed by atoms with Gasteiger partial charge in [0.25, 0.3) is 0 Å². The predicted octanol–water partition coefficient (Wildman–Crippen LogP) is 0.628. The van der Waals surface area contributed by atoms with E-state index in [0.717, 1.165) is 0 Å². The molecular formula is C7H6ClN3O. The molecule has 0 saturated heterocycles. The Balaban J connectivity index is 2.77. The molecule has 12 heavy (non-hydrogen) atoms. The summed E-state index contributed by atoms with van der Waals surface area (Å²) in [5.74, 6) is -0.509. The zero-order valence-corrected chi connectivity index (χ0v) is 6.82. The van der Waals surface area contributed by atoms with Gasteiger partial charge < -0.3 is 5.73 Å². The lowest BCUT2D eigenvalue weighted by molar-refractivity contribution is -0.113. The van der Waals surface area contributed by atoms with Crippen molar-refractivity contribution >= 4 is 23.6 Å². The number of carbonyl (C=O) groups excluding carboxylic acids is 1. The van der Waals surface area contributed by atoms with E-state index in [-0.39, 0.29) is 5.28 Å². The van der Waals surface area contributed by atoms with Gasteiger partial charge in [0.1, 0.15) is 0 Å². The lowest BCUT2D eigenvalue weighted by atomic mass is 10.3. The summed E-state index contributed by atoms with van der Waals surface area (Å²) in [5, 5.41) is 0.172. The summed E-state index contributed by atoms with van der Waals surface area (Å²) < 4.78 is 0. The maximum Gasteiger partial charge on any atom is 0.241 e. The van der Waals surface area contributed by atoms with E-state index in [1.165, 1.54) is 24.5 Å². The van der Waals surface area contributed by atoms with E-state index in [1.54, 1.807) is 0 Å². The van der Waals surface area contributed by atoms with Gasteiger partial charge in [0, 0.05) is 24.0 Å². The van der Waals surface area contributed by atoms with E-state index >= 15 is 0 Å². The van der Waals surface area contributed by atoms with Gasteiger partial charge in [-0.05, 0) is 17.7 Å². The van der Waals surface area contributed by atoms with Crippen LogP contribution < -0.4 is 5.73 Å². The molecule has 0 aliphatic rings. The summed E-state index contributed by atoms with van der Waals surface area (Å²) in [6.07, 6.45) is 5.73. The van der Waals surface area contributed by atoms with E-state index in [9.17, 15) is 4.79 Å². The summed E-state index contributed by atoms with van der Waals surface area (Å²) in [6, 6.07) is 0. The summed E-state index contributed by atoms with van der Waals surface area (Å²) in [5.41, 5.74) is 5.56. The van der Waals surface area contributed by atoms with E-state index in [2.05, 4.69) is 9.97 Å². The Morgan fingerprint density at radius 3 is 2.58 bits per heavy atom. The summed E-state index contributed by atoms with van der Waals surface area (Å²) in [4.78, 5) is 17.7. The summed E-state index contributed by atoms with van der Waals surface area (Å²) >= 11 is 5.44. The number of nitrogens with two attached hydrogens (primary N) is 1. The molecule has 0 unspecified atom stereocenters. The van der Waals surface area contributed by atoms with Gasteiger partial charge in [-0.3, -0.25) is 4.79 Å². The number of halogens is 1. The molecule has 0 aromatic carbocycles. The van der Waals surface area contributed by atoms with Crippen LogP contribution in [0.2, 0.25) is 5.28 Å². The monoisotopic (exact) mass is 183 g/mol. The zero-order valence-electron chi connectivity index (χ0n) is 6.07. The number of aromatic nitrogens is 2. The van der Waals surface area contributed by atoms with Gasteiger partial charge in [-0.25, -0.2) is 9.97 Å². The zero-order chi connectivity index (χ0) is 8.97. The Morgan fingerprint density at radius 2 is 2.08 bits per heavy atom. The van der Waals surface area contributed by atoms with Crippen LogP contribution in [0.5, 0.6) is 0 Å². The molecule has 1 aromatic heterocycles. The van der Waals surface area contributed by atoms with Gasteiger partial charge in [0.15, 0.2) is 0 Å². The molecular weight excluding hydrogens is 178 g/mol. The van der Waals surface area contributed by atoms with Crippen LogP contribution in [0.3, 0.4) is 0 Å². The third-order valence-electron chi connectivity index (χ3n) is 1.08. The number of carbonyl (C=O) groups is 1. The maximum absolute atomic E-state index is 10.3. The van der Waals surface area contributed by atoms with Crippen LogP contribution in [0.4, 0.5) is 0 Å². The first-order valence-corrected chi connectivity index (χ1v) is 3.51. The molecule has 5 heteroatoms. The Labute approximate surface area is 74.1 Å². The lowest BCUT2D eigenvalue weighted by Gasteiger charge is -1.90. The Kier molecular flexibility index (Phi) is 2.76. The van der Waals surface area contributed by atoms with Crippen LogP contribution in [0.1, 0.15) is 5.56 Å². The number of amides is 1. The molecule has 1 heterocycles. The Morgan fingerprint density at radius 1 is 1.50 bits per heavy atom. The van der Waals surface area contributed by atoms with Crippen molar-refractivity contribution in [2.45, 2.75) is 0 Å². The van der Waals surface area contributed by atoms with Crippen molar-refractivity contribution in [3.05, 3.63) is 29.3 Å². The molecule has 0 atom stereocenters. The van der Waals surface area contributed by atoms with Crippen LogP contribution in [0.15, 0.2) is 18.5 Å². The fraction of sp³-hybridized carbons (Fsp3) is 0. The van der Waals surface area contributed by atoms with Gasteiger partial charge in [-0.2, -0.15) is 0 Å². The molecule has 1 amide bonds. The molecule has 4 nitrogen and oxygen atoms in total. The van der Waals surface area contributed by atoms with Crippen molar-refractivity contribution in [3.63, 3.8) is 0 Å². The fourth-order valence-electron chi connectivity index (χ4n) is 0.587. The topological polar surface area (TPSA) is 68.9 Å². The third kappa shape index (κ3) is 2.67. The van der Waals surface area contributed by atoms with Crippen LogP contribution in [-0.2, 0) is 4.79 Å². The van der Waals surface area contributed by atoms with Gasteiger partial charge >= 0.3 is 0 Å². The molecule has 1 rings (SSSR count). The van der Waals surface area contributed by atoms with Crippen LogP contribution in [0, 0.1) is 0 Å². The highest BCUT2D eigenvalue weighted by Crippen LogP contribution is 2.01. The van der Waals surface area contributed by atoms with Gasteiger partial charge in [-0.1, -0.05) is 0 Å². The Hall–Kier alpha value is -1.42. The number of primary amides is 1. The SMILES string of the molecule is NC(=O)/C=C/c1cnc(Cl)nc1. The third-order valence-corrected chi connectivity index (χ3v) is 1.28. The second kappa shape index (κ2) is 3.82. The summed E-state index contributed by atoms with van der Waals surface area (Å²) in [7, 11) is 0. The highest BCUT2D eigenvalue weighted by Gasteiger charge is 1.90. The minimum absolute atomic E-state index is 0.172. The second-order valence-corrected chi connectivity index (χ2v) is 2.36. The highest BCUT2D eigenvalue weighted by molar-refractivity contribution is 6.28. The van der Waals surface area contributed by atoms with Crippen LogP contribution >= 0.6 is 11.6 Å². The quantitative estimate of drug-likeness (QED) is 0.540. The van der Waals surface area contributed by atoms with Crippen LogP contribution in [-0.4, -0.2) is 15.9 Å². The van der Waals surface area contributed by atoms with Crippen molar-refractivity contribution in [3.8, 4) is 0 Å². The van der Waals surface area contributed by atoms with E-state index in [1.807, 2.05) is 0 Å². The summed E-state index contributed by atoms with van der Waals surface area (Å²) in [6.45, 7) is 0. The van der Waals surface area contributed by atoms with Crippen molar-refractivity contribution in [1.29, 1.82) is 0 Å². The molecule has 0 saturated carbocycles. The average molecular weight is 184 g/mol. The van der Waals surface area contributed by atoms with Gasteiger partial charge in [0.2, 0.25) is 11.2 Å². The number of nitrogens with zero attached hydrogens (tertiary/aromatic N) is 2. The molecule has 0 fully saturated rings. The number of hydrogen-bond donors (Lipinski definition) is 1. The fourth-order valence-corrected chi connectivity index (χ4v) is 0.684. The molecule has 0 bridgehead atoms. The molecule has 0 aliphatic carbocycles. The first-order chi connectivity index (χ1) is 5.68. The minimum atomic E-state index is -0.509. The second-order valence-electron chi connectivity index (χ2n) is 2.02. The molecule has 62 valence electrons. The molecule has 2 N–H and O–H groups in total.